The minimum Gasteiger partial charge on any atom is -0.471 e. The topological polar surface area (TPSA) is 133 Å². The first kappa shape index (κ1) is 16.4. The maximum Gasteiger partial charge on any atom is 0.307 e. The van der Waals surface area contributed by atoms with Crippen molar-refractivity contribution < 1.29 is 9.66 Å². The largest absolute Gasteiger partial charge is 0.471 e. The number of nitrogens with two attached hydrogens (primary N) is 1. The molecule has 0 saturated carbocycles. The first-order chi connectivity index (χ1) is 12.1. The summed E-state index contributed by atoms with van der Waals surface area (Å²) in [4.78, 5) is 14.2. The molecule has 10 nitrogen and oxygen atoms in total. The molecule has 2 heterocycles. The third-order valence-electron chi connectivity index (χ3n) is 2.99. The number of rotatable bonds is 7. The number of nitrogen functional groups attached to an aromatic ring is 1. The number of nitrogens with one attached hydrogen (secondary N) is 1. The second kappa shape index (κ2) is 7.40. The van der Waals surface area contributed by atoms with Crippen LogP contribution in [0.15, 0.2) is 47.1 Å². The normalized spacial score (nSPS) is 10.9. The summed E-state index contributed by atoms with van der Waals surface area (Å²) in [6.07, 6.45) is 4.05. The van der Waals surface area contributed by atoms with Gasteiger partial charge in [-0.1, -0.05) is 12.1 Å². The molecule has 0 aliphatic rings. The van der Waals surface area contributed by atoms with Crippen LogP contribution >= 0.6 is 11.3 Å². The number of thiazole rings is 1. The van der Waals surface area contributed by atoms with Crippen molar-refractivity contribution in [3.05, 3.63) is 57.7 Å². The average Bonchev–Trinajstić information content (AvgIpc) is 3.23. The van der Waals surface area contributed by atoms with E-state index in [1.165, 1.54) is 28.4 Å². The number of anilines is 2. The lowest BCUT2D eigenvalue weighted by Crippen LogP contribution is -2.06. The number of nitro groups is 1. The van der Waals surface area contributed by atoms with Crippen LogP contribution in [0, 0.1) is 10.1 Å². The minimum atomic E-state index is -0.513. The number of aromatic nitrogens is 3. The average molecular weight is 359 g/mol. The van der Waals surface area contributed by atoms with Crippen molar-refractivity contribution in [3.8, 4) is 5.75 Å². The highest BCUT2D eigenvalue weighted by atomic mass is 32.1. The third-order valence-corrected chi connectivity index (χ3v) is 3.75. The number of hydrazone groups is 1. The van der Waals surface area contributed by atoms with Crippen LogP contribution in [0.1, 0.15) is 5.56 Å². The Kier molecular flexibility index (Phi) is 4.85. The van der Waals surface area contributed by atoms with Crippen LogP contribution in [0.5, 0.6) is 5.75 Å². The molecular weight excluding hydrogens is 346 g/mol. The monoisotopic (exact) mass is 359 g/mol. The number of ether oxygens (including phenoxy) is 1. The lowest BCUT2D eigenvalue weighted by Gasteiger charge is -2.08. The highest BCUT2D eigenvalue weighted by Crippen LogP contribution is 2.18. The molecule has 3 rings (SSSR count). The van der Waals surface area contributed by atoms with Crippen LogP contribution in [0.3, 0.4) is 0 Å². The van der Waals surface area contributed by atoms with Crippen molar-refractivity contribution in [3.63, 3.8) is 0 Å². The summed E-state index contributed by atoms with van der Waals surface area (Å²) in [5, 5.41) is 20.9. The molecule has 0 spiro atoms. The molecule has 0 saturated heterocycles. The quantitative estimate of drug-likeness (QED) is 0.375. The fourth-order valence-corrected chi connectivity index (χ4v) is 2.41. The Balaban J connectivity index is 1.64. The molecule has 0 bridgehead atoms. The fraction of sp³-hybridized carbons (Fsp3) is 0.0714. The van der Waals surface area contributed by atoms with Crippen LogP contribution in [0.2, 0.25) is 0 Å². The van der Waals surface area contributed by atoms with E-state index in [1.54, 1.807) is 17.7 Å². The van der Waals surface area contributed by atoms with Crippen molar-refractivity contribution in [1.82, 2.24) is 14.8 Å². The molecule has 25 heavy (non-hydrogen) atoms. The Bertz CT molecular complexity index is 905. The van der Waals surface area contributed by atoms with E-state index >= 15 is 0 Å². The smallest absolute Gasteiger partial charge is 0.307 e. The molecule has 1 aromatic carbocycles. The predicted molar refractivity (Wildman–Crippen MR) is 93.7 cm³/mol. The molecule has 3 aromatic rings. The molecule has 0 radical (unpaired) electrons. The molecule has 3 N–H and O–H groups in total. The van der Waals surface area contributed by atoms with E-state index in [0.29, 0.717) is 16.7 Å². The summed E-state index contributed by atoms with van der Waals surface area (Å²) < 4.78 is 6.98. The van der Waals surface area contributed by atoms with Crippen LogP contribution in [-0.2, 0) is 6.73 Å². The second-order valence-corrected chi connectivity index (χ2v) is 5.61. The first-order valence-corrected chi connectivity index (χ1v) is 7.88. The van der Waals surface area contributed by atoms with E-state index in [9.17, 15) is 10.1 Å². The summed E-state index contributed by atoms with van der Waals surface area (Å²) in [5.74, 6) is 0.990. The van der Waals surface area contributed by atoms with E-state index in [2.05, 4.69) is 20.6 Å². The van der Waals surface area contributed by atoms with Crippen LogP contribution in [0.25, 0.3) is 0 Å². The van der Waals surface area contributed by atoms with Crippen LogP contribution in [-0.4, -0.2) is 25.9 Å². The molecule has 0 atom stereocenters. The van der Waals surface area contributed by atoms with Gasteiger partial charge in [0.2, 0.25) is 5.13 Å². The zero-order valence-electron chi connectivity index (χ0n) is 12.8. The van der Waals surface area contributed by atoms with E-state index in [-0.39, 0.29) is 12.4 Å². The fourth-order valence-electron chi connectivity index (χ4n) is 1.87. The SMILES string of the molecule is Nc1csc(NN=Cc2ccccc2OCn2cc([N+](=O)[O-])cn2)n1. The predicted octanol–water partition coefficient (Wildman–Crippen LogP) is 2.31. The summed E-state index contributed by atoms with van der Waals surface area (Å²) in [6, 6.07) is 7.24. The van der Waals surface area contributed by atoms with E-state index in [4.69, 9.17) is 10.5 Å². The van der Waals surface area contributed by atoms with Gasteiger partial charge in [-0.2, -0.15) is 10.2 Å². The van der Waals surface area contributed by atoms with Gasteiger partial charge in [0.1, 0.15) is 24.0 Å². The van der Waals surface area contributed by atoms with Gasteiger partial charge in [-0.15, -0.1) is 11.3 Å². The Hall–Kier alpha value is -3.47. The van der Waals surface area contributed by atoms with Crippen LogP contribution < -0.4 is 15.9 Å². The zero-order chi connectivity index (χ0) is 17.6. The number of para-hydroxylation sites is 1. The Labute approximate surface area is 145 Å². The lowest BCUT2D eigenvalue weighted by molar-refractivity contribution is -0.385. The highest BCUT2D eigenvalue weighted by Gasteiger charge is 2.09. The molecular formula is C14H13N7O3S. The first-order valence-electron chi connectivity index (χ1n) is 7.00. The van der Waals surface area contributed by atoms with Gasteiger partial charge in [-0.3, -0.25) is 15.5 Å². The van der Waals surface area contributed by atoms with Crippen molar-refractivity contribution in [1.29, 1.82) is 0 Å². The van der Waals surface area contributed by atoms with Gasteiger partial charge in [-0.25, -0.2) is 9.67 Å². The van der Waals surface area contributed by atoms with Gasteiger partial charge < -0.3 is 10.5 Å². The van der Waals surface area contributed by atoms with E-state index in [0.717, 1.165) is 5.56 Å². The summed E-state index contributed by atoms with van der Waals surface area (Å²) in [5.41, 5.74) is 8.95. The van der Waals surface area contributed by atoms with Crippen LogP contribution in [0.4, 0.5) is 16.6 Å². The number of hydrogen-bond acceptors (Lipinski definition) is 9. The van der Waals surface area contributed by atoms with Gasteiger partial charge in [0.15, 0.2) is 6.73 Å². The Morgan fingerprint density at radius 2 is 2.32 bits per heavy atom. The molecule has 0 aliphatic carbocycles. The molecule has 0 fully saturated rings. The number of nitrogens with zero attached hydrogens (tertiary/aromatic N) is 5. The standard InChI is InChI=1S/C14H13N7O3S/c15-13-8-25-14(18-13)19-16-5-10-3-1-2-4-12(10)24-9-20-7-11(6-17-20)21(22)23/h1-8H,9,15H2,(H,18,19). The maximum absolute atomic E-state index is 10.7. The Morgan fingerprint density at radius 1 is 1.48 bits per heavy atom. The summed E-state index contributed by atoms with van der Waals surface area (Å²) in [6.45, 7) is 0.0368. The minimum absolute atomic E-state index is 0.0368. The lowest BCUT2D eigenvalue weighted by atomic mass is 10.2. The number of benzene rings is 1. The third kappa shape index (κ3) is 4.29. The van der Waals surface area contributed by atoms with Crippen molar-refractivity contribution in [2.75, 3.05) is 11.2 Å². The van der Waals surface area contributed by atoms with E-state index in [1.807, 2.05) is 18.2 Å². The van der Waals surface area contributed by atoms with Gasteiger partial charge in [-0.05, 0) is 12.1 Å². The highest BCUT2D eigenvalue weighted by molar-refractivity contribution is 7.14. The van der Waals surface area contributed by atoms with Gasteiger partial charge in [0.05, 0.1) is 11.1 Å². The van der Waals surface area contributed by atoms with Gasteiger partial charge >= 0.3 is 5.69 Å². The molecule has 11 heteroatoms. The molecule has 0 amide bonds. The number of hydrogen-bond donors (Lipinski definition) is 2. The van der Waals surface area contributed by atoms with E-state index < -0.39 is 4.92 Å². The van der Waals surface area contributed by atoms with Gasteiger partial charge in [0, 0.05) is 10.9 Å². The maximum atomic E-state index is 10.7. The summed E-state index contributed by atoms with van der Waals surface area (Å²) in [7, 11) is 0. The second-order valence-electron chi connectivity index (χ2n) is 4.75. The van der Waals surface area contributed by atoms with Crippen molar-refractivity contribution in [2.45, 2.75) is 6.73 Å². The van der Waals surface area contributed by atoms with Gasteiger partial charge in [0.25, 0.3) is 0 Å². The Morgan fingerprint density at radius 3 is 3.04 bits per heavy atom. The zero-order valence-corrected chi connectivity index (χ0v) is 13.6. The summed E-state index contributed by atoms with van der Waals surface area (Å²) >= 11 is 1.34. The molecule has 0 aliphatic heterocycles. The molecule has 0 unspecified atom stereocenters. The molecule has 2 aromatic heterocycles. The van der Waals surface area contributed by atoms with Crippen molar-refractivity contribution in [2.24, 2.45) is 5.10 Å². The molecule has 128 valence electrons. The van der Waals surface area contributed by atoms with Crippen molar-refractivity contribution >= 4 is 34.2 Å².